The van der Waals surface area contributed by atoms with Crippen LogP contribution in [0.15, 0.2) is 54.6 Å². The van der Waals surface area contributed by atoms with Crippen molar-refractivity contribution in [2.45, 2.75) is 19.4 Å². The largest absolute Gasteiger partial charge is 0.336 e. The molecule has 2 aromatic rings. The van der Waals surface area contributed by atoms with E-state index < -0.39 is 10.5 Å². The molecule has 2 rings (SSSR count). The second kappa shape index (κ2) is 7.45. The minimum absolute atomic E-state index is 0.0366. The van der Waals surface area contributed by atoms with E-state index in [9.17, 15) is 14.9 Å². The zero-order valence-corrected chi connectivity index (χ0v) is 14.0. The summed E-state index contributed by atoms with van der Waals surface area (Å²) in [7, 11) is 0. The average Bonchev–Trinajstić information content (AvgIpc) is 2.60. The molecular weight excluding hydrogens is 316 g/mol. The number of amides is 1. The summed E-state index contributed by atoms with van der Waals surface area (Å²) in [5, 5.41) is 13.7. The molecule has 0 aliphatic rings. The van der Waals surface area contributed by atoms with E-state index in [0.717, 1.165) is 0 Å². The number of nitrogens with one attached hydrogen (secondary N) is 1. The predicted molar refractivity (Wildman–Crippen MR) is 98.5 cm³/mol. The number of terminal acetylenes is 1. The minimum atomic E-state index is -0.812. The summed E-state index contributed by atoms with van der Waals surface area (Å²) in [6.07, 6.45) is 7.06. The van der Waals surface area contributed by atoms with Crippen LogP contribution in [0, 0.1) is 22.5 Å². The fraction of sp³-hybridized carbons (Fsp3) is 0.150. The van der Waals surface area contributed by atoms with Crippen molar-refractivity contribution in [1.82, 2.24) is 5.32 Å². The predicted octanol–water partition coefficient (Wildman–Crippen LogP) is 3.66. The van der Waals surface area contributed by atoms with Gasteiger partial charge < -0.3 is 5.32 Å². The van der Waals surface area contributed by atoms with Gasteiger partial charge in [-0.3, -0.25) is 14.9 Å². The molecule has 0 aliphatic carbocycles. The van der Waals surface area contributed by atoms with Crippen molar-refractivity contribution in [3.05, 3.63) is 75.8 Å². The molecule has 0 aromatic heterocycles. The lowest BCUT2D eigenvalue weighted by Crippen LogP contribution is -2.42. The molecule has 0 heterocycles. The van der Waals surface area contributed by atoms with Crippen LogP contribution in [0.4, 0.5) is 5.69 Å². The Balaban J connectivity index is 2.49. The number of hydrogen-bond donors (Lipinski definition) is 1. The standard InChI is InChI=1S/C20H18N2O3/c1-4-20(2,3)21-19(23)18(16-10-6-5-7-11-16)14-15-9-8-12-17(13-15)22(24)25/h1,5-14H,2-3H3,(H,21,23)/b18-14+. The van der Waals surface area contributed by atoms with Gasteiger partial charge in [0, 0.05) is 17.7 Å². The quantitative estimate of drug-likeness (QED) is 0.298. The van der Waals surface area contributed by atoms with Gasteiger partial charge in [-0.2, -0.15) is 0 Å². The van der Waals surface area contributed by atoms with Crippen LogP contribution in [0.1, 0.15) is 25.0 Å². The highest BCUT2D eigenvalue weighted by Gasteiger charge is 2.21. The molecule has 0 atom stereocenters. The number of rotatable bonds is 5. The van der Waals surface area contributed by atoms with Crippen molar-refractivity contribution in [2.75, 3.05) is 0 Å². The highest BCUT2D eigenvalue weighted by atomic mass is 16.6. The molecule has 0 radical (unpaired) electrons. The van der Waals surface area contributed by atoms with Gasteiger partial charge >= 0.3 is 0 Å². The molecule has 2 aromatic carbocycles. The maximum absolute atomic E-state index is 12.7. The first-order valence-electron chi connectivity index (χ1n) is 7.64. The van der Waals surface area contributed by atoms with Crippen molar-refractivity contribution in [3.63, 3.8) is 0 Å². The van der Waals surface area contributed by atoms with Crippen molar-refractivity contribution in [2.24, 2.45) is 0 Å². The zero-order chi connectivity index (χ0) is 18.4. The number of carbonyl (C=O) groups excluding carboxylic acids is 1. The number of nitro groups is 1. The van der Waals surface area contributed by atoms with Crippen LogP contribution in [0.5, 0.6) is 0 Å². The molecule has 5 heteroatoms. The summed E-state index contributed by atoms with van der Waals surface area (Å²) in [6.45, 7) is 3.45. The third kappa shape index (κ3) is 4.79. The molecule has 5 nitrogen and oxygen atoms in total. The fourth-order valence-electron chi connectivity index (χ4n) is 2.18. The number of carbonyl (C=O) groups is 1. The highest BCUT2D eigenvalue weighted by molar-refractivity contribution is 6.24. The Morgan fingerprint density at radius 3 is 2.48 bits per heavy atom. The van der Waals surface area contributed by atoms with E-state index in [2.05, 4.69) is 11.2 Å². The van der Waals surface area contributed by atoms with Crippen LogP contribution in [0.3, 0.4) is 0 Å². The third-order valence-electron chi connectivity index (χ3n) is 3.51. The Morgan fingerprint density at radius 1 is 1.20 bits per heavy atom. The molecule has 0 unspecified atom stereocenters. The molecule has 0 aliphatic heterocycles. The Bertz CT molecular complexity index is 862. The number of nitro benzene ring substituents is 1. The lowest BCUT2D eigenvalue weighted by atomic mass is 9.99. The number of non-ortho nitro benzene ring substituents is 1. The topological polar surface area (TPSA) is 72.2 Å². The van der Waals surface area contributed by atoms with Gasteiger partial charge in [-0.25, -0.2) is 0 Å². The smallest absolute Gasteiger partial charge is 0.270 e. The van der Waals surface area contributed by atoms with Crippen molar-refractivity contribution in [1.29, 1.82) is 0 Å². The van der Waals surface area contributed by atoms with E-state index in [1.165, 1.54) is 12.1 Å². The molecule has 25 heavy (non-hydrogen) atoms. The first-order valence-corrected chi connectivity index (χ1v) is 7.64. The van der Waals surface area contributed by atoms with Gasteiger partial charge in [0.2, 0.25) is 0 Å². The van der Waals surface area contributed by atoms with E-state index in [4.69, 9.17) is 6.42 Å². The van der Waals surface area contributed by atoms with Gasteiger partial charge in [0.15, 0.2) is 0 Å². The van der Waals surface area contributed by atoms with Gasteiger partial charge in [0.05, 0.1) is 10.5 Å². The summed E-state index contributed by atoms with van der Waals surface area (Å²) in [6, 6.07) is 15.2. The molecule has 0 spiro atoms. The van der Waals surface area contributed by atoms with E-state index in [1.54, 1.807) is 44.2 Å². The van der Waals surface area contributed by atoms with Crippen LogP contribution < -0.4 is 5.32 Å². The Kier molecular flexibility index (Phi) is 5.35. The molecular formula is C20H18N2O3. The Labute approximate surface area is 146 Å². The first kappa shape index (κ1) is 18.0. The van der Waals surface area contributed by atoms with Crippen molar-refractivity contribution >= 4 is 23.2 Å². The van der Waals surface area contributed by atoms with Gasteiger partial charge in [0.25, 0.3) is 11.6 Å². The van der Waals surface area contributed by atoms with Crippen molar-refractivity contribution < 1.29 is 9.72 Å². The first-order chi connectivity index (χ1) is 11.8. The fourth-order valence-corrected chi connectivity index (χ4v) is 2.18. The minimum Gasteiger partial charge on any atom is -0.336 e. The molecule has 0 saturated heterocycles. The summed E-state index contributed by atoms with van der Waals surface area (Å²) >= 11 is 0. The summed E-state index contributed by atoms with van der Waals surface area (Å²) in [5.41, 5.74) is 0.782. The summed E-state index contributed by atoms with van der Waals surface area (Å²) in [4.78, 5) is 23.2. The van der Waals surface area contributed by atoms with Crippen LogP contribution in [-0.2, 0) is 4.79 Å². The molecule has 0 bridgehead atoms. The van der Waals surface area contributed by atoms with Crippen LogP contribution in [-0.4, -0.2) is 16.4 Å². The molecule has 0 fully saturated rings. The maximum Gasteiger partial charge on any atom is 0.270 e. The highest BCUT2D eigenvalue weighted by Crippen LogP contribution is 2.22. The van der Waals surface area contributed by atoms with Crippen LogP contribution in [0.2, 0.25) is 0 Å². The van der Waals surface area contributed by atoms with E-state index in [0.29, 0.717) is 16.7 Å². The lowest BCUT2D eigenvalue weighted by Gasteiger charge is -2.21. The number of hydrogen-bond acceptors (Lipinski definition) is 3. The average molecular weight is 334 g/mol. The number of benzene rings is 2. The molecule has 1 amide bonds. The Morgan fingerprint density at radius 2 is 1.88 bits per heavy atom. The van der Waals surface area contributed by atoms with Crippen molar-refractivity contribution in [3.8, 4) is 12.3 Å². The van der Waals surface area contributed by atoms with Crippen LogP contribution >= 0.6 is 0 Å². The molecule has 0 saturated carbocycles. The summed E-state index contributed by atoms with van der Waals surface area (Å²) in [5.74, 6) is 2.17. The summed E-state index contributed by atoms with van der Waals surface area (Å²) < 4.78 is 0. The monoisotopic (exact) mass is 334 g/mol. The van der Waals surface area contributed by atoms with E-state index >= 15 is 0 Å². The van der Waals surface area contributed by atoms with Gasteiger partial charge in [0.1, 0.15) is 0 Å². The van der Waals surface area contributed by atoms with Gasteiger partial charge in [-0.15, -0.1) is 6.42 Å². The Hall–Kier alpha value is -3.39. The normalized spacial score (nSPS) is 11.5. The lowest BCUT2D eigenvalue weighted by molar-refractivity contribution is -0.384. The SMILES string of the molecule is C#CC(C)(C)NC(=O)/C(=C/c1cccc([N+](=O)[O-])c1)c1ccccc1. The van der Waals surface area contributed by atoms with Crippen LogP contribution in [0.25, 0.3) is 11.6 Å². The molecule has 126 valence electrons. The second-order valence-corrected chi connectivity index (χ2v) is 6.00. The van der Waals surface area contributed by atoms with Gasteiger partial charge in [-0.05, 0) is 31.1 Å². The maximum atomic E-state index is 12.7. The van der Waals surface area contributed by atoms with E-state index in [-0.39, 0.29) is 11.6 Å². The van der Waals surface area contributed by atoms with Gasteiger partial charge in [-0.1, -0.05) is 48.4 Å². The number of nitrogens with zero attached hydrogens (tertiary/aromatic N) is 1. The second-order valence-electron chi connectivity index (χ2n) is 6.00. The zero-order valence-electron chi connectivity index (χ0n) is 14.0. The third-order valence-corrected chi connectivity index (χ3v) is 3.51. The molecule has 1 N–H and O–H groups in total. The van der Waals surface area contributed by atoms with E-state index in [1.807, 2.05) is 18.2 Å².